The lowest BCUT2D eigenvalue weighted by molar-refractivity contribution is 0.0239. The zero-order chi connectivity index (χ0) is 11.8. The highest BCUT2D eigenvalue weighted by Crippen LogP contribution is 2.30. The highest BCUT2D eigenvalue weighted by atomic mass is 16.5. The van der Waals surface area contributed by atoms with Crippen LogP contribution in [0.2, 0.25) is 0 Å². The fourth-order valence-electron chi connectivity index (χ4n) is 1.84. The van der Waals surface area contributed by atoms with Gasteiger partial charge in [0, 0.05) is 0 Å². The van der Waals surface area contributed by atoms with E-state index in [0.29, 0.717) is 16.9 Å². The normalized spacial score (nSPS) is 23.6. The lowest BCUT2D eigenvalue weighted by Gasteiger charge is -2.10. The van der Waals surface area contributed by atoms with Crippen molar-refractivity contribution < 1.29 is 9.84 Å². The van der Waals surface area contributed by atoms with E-state index < -0.39 is 0 Å². The SMILES string of the molecule is Nc1ncnc2c([C@H]3C=C[C@@H](CO)O3)[nH]nc12. The van der Waals surface area contributed by atoms with Gasteiger partial charge in [-0.1, -0.05) is 12.2 Å². The number of H-pyrrole nitrogens is 1. The van der Waals surface area contributed by atoms with Crippen LogP contribution in [0.3, 0.4) is 0 Å². The second-order valence-electron chi connectivity index (χ2n) is 3.76. The molecule has 3 heterocycles. The van der Waals surface area contributed by atoms with Gasteiger partial charge in [0.2, 0.25) is 0 Å². The average Bonchev–Trinajstić information content (AvgIpc) is 2.94. The Labute approximate surface area is 96.3 Å². The molecular weight excluding hydrogens is 222 g/mol. The van der Waals surface area contributed by atoms with E-state index in [0.717, 1.165) is 5.69 Å². The van der Waals surface area contributed by atoms with Crippen LogP contribution in [-0.4, -0.2) is 38.0 Å². The van der Waals surface area contributed by atoms with Crippen molar-refractivity contribution in [2.75, 3.05) is 12.3 Å². The molecule has 0 bridgehead atoms. The number of aliphatic hydroxyl groups is 1. The van der Waals surface area contributed by atoms with Crippen molar-refractivity contribution in [3.05, 3.63) is 24.2 Å². The van der Waals surface area contributed by atoms with Crippen LogP contribution in [0.15, 0.2) is 18.5 Å². The molecule has 0 unspecified atom stereocenters. The lowest BCUT2D eigenvalue weighted by atomic mass is 10.2. The Bertz CT molecular complexity index is 579. The van der Waals surface area contributed by atoms with E-state index in [-0.39, 0.29) is 18.8 Å². The Kier molecular flexibility index (Phi) is 2.27. The third kappa shape index (κ3) is 1.56. The van der Waals surface area contributed by atoms with E-state index in [1.807, 2.05) is 12.2 Å². The molecular formula is C10H11N5O2. The monoisotopic (exact) mass is 233 g/mol. The van der Waals surface area contributed by atoms with Crippen molar-refractivity contribution in [2.45, 2.75) is 12.2 Å². The van der Waals surface area contributed by atoms with Gasteiger partial charge < -0.3 is 15.6 Å². The van der Waals surface area contributed by atoms with Gasteiger partial charge in [-0.15, -0.1) is 0 Å². The molecule has 88 valence electrons. The quantitative estimate of drug-likeness (QED) is 0.626. The minimum Gasteiger partial charge on any atom is -0.393 e. The Morgan fingerprint density at radius 3 is 3.00 bits per heavy atom. The number of hydrogen-bond donors (Lipinski definition) is 3. The van der Waals surface area contributed by atoms with Gasteiger partial charge in [0.25, 0.3) is 0 Å². The number of nitrogen functional groups attached to an aromatic ring is 1. The first kappa shape index (κ1) is 10.2. The fourth-order valence-corrected chi connectivity index (χ4v) is 1.84. The minimum atomic E-state index is -0.286. The first-order valence-electron chi connectivity index (χ1n) is 5.18. The molecule has 0 fully saturated rings. The van der Waals surface area contributed by atoms with Crippen LogP contribution >= 0.6 is 0 Å². The summed E-state index contributed by atoms with van der Waals surface area (Å²) in [7, 11) is 0. The largest absolute Gasteiger partial charge is 0.393 e. The number of aromatic nitrogens is 4. The highest BCUT2D eigenvalue weighted by molar-refractivity contribution is 5.85. The third-order valence-electron chi connectivity index (χ3n) is 2.68. The first-order valence-corrected chi connectivity index (χ1v) is 5.18. The number of ether oxygens (including phenoxy) is 1. The van der Waals surface area contributed by atoms with Crippen LogP contribution in [0.25, 0.3) is 11.0 Å². The van der Waals surface area contributed by atoms with Crippen LogP contribution in [0.1, 0.15) is 11.8 Å². The molecule has 2 atom stereocenters. The van der Waals surface area contributed by atoms with Gasteiger partial charge in [-0.05, 0) is 0 Å². The predicted octanol–water partition coefficient (Wildman–Crippen LogP) is -0.0765. The zero-order valence-corrected chi connectivity index (χ0v) is 8.87. The molecule has 0 aromatic carbocycles. The summed E-state index contributed by atoms with van der Waals surface area (Å²) in [5.41, 5.74) is 7.59. The van der Waals surface area contributed by atoms with Crippen LogP contribution in [0.4, 0.5) is 5.82 Å². The topological polar surface area (TPSA) is 110 Å². The highest BCUT2D eigenvalue weighted by Gasteiger charge is 2.24. The number of aromatic amines is 1. The Morgan fingerprint density at radius 2 is 2.24 bits per heavy atom. The molecule has 0 spiro atoms. The van der Waals surface area contributed by atoms with Gasteiger partial charge in [-0.2, -0.15) is 5.10 Å². The number of hydrogen-bond acceptors (Lipinski definition) is 6. The smallest absolute Gasteiger partial charge is 0.155 e. The molecule has 17 heavy (non-hydrogen) atoms. The van der Waals surface area contributed by atoms with E-state index >= 15 is 0 Å². The fraction of sp³-hybridized carbons (Fsp3) is 0.300. The van der Waals surface area contributed by atoms with Crippen LogP contribution < -0.4 is 5.73 Å². The summed E-state index contributed by atoms with van der Waals surface area (Å²) in [6.07, 6.45) is 4.48. The van der Waals surface area contributed by atoms with E-state index in [4.69, 9.17) is 15.6 Å². The van der Waals surface area contributed by atoms with Crippen LogP contribution in [0, 0.1) is 0 Å². The van der Waals surface area contributed by atoms with Gasteiger partial charge in [0.05, 0.1) is 12.3 Å². The second kappa shape index (κ2) is 3.79. The predicted molar refractivity (Wildman–Crippen MR) is 59.9 cm³/mol. The number of anilines is 1. The first-order chi connectivity index (χ1) is 8.29. The van der Waals surface area contributed by atoms with Crippen LogP contribution in [0.5, 0.6) is 0 Å². The zero-order valence-electron chi connectivity index (χ0n) is 8.87. The molecule has 0 saturated carbocycles. The maximum atomic E-state index is 8.99. The van der Waals surface area contributed by atoms with Gasteiger partial charge in [-0.25, -0.2) is 9.97 Å². The van der Waals surface area contributed by atoms with Crippen molar-refractivity contribution in [1.29, 1.82) is 0 Å². The maximum absolute atomic E-state index is 8.99. The Morgan fingerprint density at radius 1 is 1.35 bits per heavy atom. The molecule has 4 N–H and O–H groups in total. The van der Waals surface area contributed by atoms with E-state index in [2.05, 4.69) is 20.2 Å². The molecule has 0 saturated heterocycles. The van der Waals surface area contributed by atoms with Crippen molar-refractivity contribution in [3.8, 4) is 0 Å². The van der Waals surface area contributed by atoms with Crippen molar-refractivity contribution in [1.82, 2.24) is 20.2 Å². The number of fused-ring (bicyclic) bond motifs is 1. The van der Waals surface area contributed by atoms with Crippen LogP contribution in [-0.2, 0) is 4.74 Å². The summed E-state index contributed by atoms with van der Waals surface area (Å²) < 4.78 is 5.57. The molecule has 2 aromatic rings. The number of nitrogens with zero attached hydrogens (tertiary/aromatic N) is 3. The minimum absolute atomic E-state index is 0.0454. The molecule has 2 aromatic heterocycles. The Balaban J connectivity index is 2.02. The van der Waals surface area contributed by atoms with Crippen molar-refractivity contribution >= 4 is 16.9 Å². The van der Waals surface area contributed by atoms with E-state index in [1.54, 1.807) is 0 Å². The molecule has 0 radical (unpaired) electrons. The summed E-state index contributed by atoms with van der Waals surface area (Å²) in [4.78, 5) is 8.00. The number of rotatable bonds is 2. The molecule has 7 heteroatoms. The summed E-state index contributed by atoms with van der Waals surface area (Å²) >= 11 is 0. The number of aliphatic hydroxyl groups excluding tert-OH is 1. The van der Waals surface area contributed by atoms with Gasteiger partial charge >= 0.3 is 0 Å². The second-order valence-corrected chi connectivity index (χ2v) is 3.76. The van der Waals surface area contributed by atoms with Gasteiger partial charge in [0.15, 0.2) is 11.3 Å². The molecule has 0 aliphatic carbocycles. The number of nitrogens with two attached hydrogens (primary N) is 1. The Hall–Kier alpha value is -1.99. The standard InChI is InChI=1S/C10H11N5O2/c11-10-9-8(12-4-13-10)7(14-15-9)6-2-1-5(3-16)17-6/h1-2,4-6,16H,3H2,(H,14,15)(H2,11,12,13)/t5-,6+/m0/s1. The average molecular weight is 233 g/mol. The molecule has 7 nitrogen and oxygen atoms in total. The van der Waals surface area contributed by atoms with Crippen molar-refractivity contribution in [2.24, 2.45) is 0 Å². The van der Waals surface area contributed by atoms with Gasteiger partial charge in [-0.3, -0.25) is 5.10 Å². The van der Waals surface area contributed by atoms with E-state index in [1.165, 1.54) is 6.33 Å². The molecule has 3 rings (SSSR count). The molecule has 1 aliphatic rings. The van der Waals surface area contributed by atoms with Crippen molar-refractivity contribution in [3.63, 3.8) is 0 Å². The maximum Gasteiger partial charge on any atom is 0.155 e. The van der Waals surface area contributed by atoms with Gasteiger partial charge in [0.1, 0.15) is 24.1 Å². The number of nitrogens with one attached hydrogen (secondary N) is 1. The summed E-state index contributed by atoms with van der Waals surface area (Å²) in [6.45, 7) is -0.0454. The summed E-state index contributed by atoms with van der Waals surface area (Å²) in [5.74, 6) is 0.332. The molecule has 1 aliphatic heterocycles. The summed E-state index contributed by atoms with van der Waals surface area (Å²) in [5, 5.41) is 15.9. The lowest BCUT2D eigenvalue weighted by Crippen LogP contribution is -2.12. The summed E-state index contributed by atoms with van der Waals surface area (Å²) in [6, 6.07) is 0. The molecule has 0 amide bonds. The third-order valence-corrected chi connectivity index (χ3v) is 2.68. The van der Waals surface area contributed by atoms with E-state index in [9.17, 15) is 0 Å².